The van der Waals surface area contributed by atoms with Gasteiger partial charge in [-0.15, -0.1) is 0 Å². The number of aliphatic hydroxyl groups is 1. The SMILES string of the molecule is CC1(O)CC(n2cnc3cc(OCCN4CCC5(CC4)C(=O)Nc4ccc(C#N)cc45)cc(OC(F)F)c32)C1. The number of amides is 1. The van der Waals surface area contributed by atoms with Gasteiger partial charge in [0.25, 0.3) is 0 Å². The third-order valence-corrected chi connectivity index (χ3v) is 8.30. The van der Waals surface area contributed by atoms with E-state index in [-0.39, 0.29) is 17.7 Å². The van der Waals surface area contributed by atoms with Crippen molar-refractivity contribution in [2.24, 2.45) is 0 Å². The molecule has 1 saturated heterocycles. The minimum Gasteiger partial charge on any atom is -0.492 e. The Labute approximate surface area is 223 Å². The van der Waals surface area contributed by atoms with Gasteiger partial charge in [-0.25, -0.2) is 4.98 Å². The Kier molecular flexibility index (Phi) is 6.19. The number of likely N-dealkylation sites (tertiary alicyclic amines) is 1. The second-order valence-electron chi connectivity index (χ2n) is 11.0. The number of hydrogen-bond acceptors (Lipinski definition) is 7. The zero-order valence-electron chi connectivity index (χ0n) is 21.5. The quantitative estimate of drug-likeness (QED) is 0.469. The molecule has 1 saturated carbocycles. The van der Waals surface area contributed by atoms with Crippen LogP contribution in [0.3, 0.4) is 0 Å². The number of nitriles is 1. The van der Waals surface area contributed by atoms with E-state index in [1.165, 1.54) is 6.07 Å². The van der Waals surface area contributed by atoms with Gasteiger partial charge < -0.3 is 24.5 Å². The Balaban J connectivity index is 1.11. The van der Waals surface area contributed by atoms with Crippen molar-refractivity contribution in [3.05, 3.63) is 47.8 Å². The van der Waals surface area contributed by atoms with E-state index in [0.717, 1.165) is 11.3 Å². The molecule has 2 aliphatic heterocycles. The first-order valence-electron chi connectivity index (χ1n) is 13.1. The zero-order valence-corrected chi connectivity index (χ0v) is 21.5. The van der Waals surface area contributed by atoms with Crippen LogP contribution in [-0.2, 0) is 10.2 Å². The number of nitrogens with one attached hydrogen (secondary N) is 1. The van der Waals surface area contributed by atoms with Crippen molar-refractivity contribution in [1.29, 1.82) is 5.26 Å². The number of anilines is 1. The summed E-state index contributed by atoms with van der Waals surface area (Å²) in [6.07, 6.45) is 3.87. The second-order valence-corrected chi connectivity index (χ2v) is 11.0. The van der Waals surface area contributed by atoms with Crippen LogP contribution in [0.15, 0.2) is 36.7 Å². The molecule has 0 radical (unpaired) electrons. The molecule has 9 nitrogen and oxygen atoms in total. The number of hydrogen-bond donors (Lipinski definition) is 2. The lowest BCUT2D eigenvalue weighted by atomic mass is 9.73. The van der Waals surface area contributed by atoms with E-state index in [1.807, 2.05) is 6.07 Å². The molecule has 2 aromatic carbocycles. The topological polar surface area (TPSA) is 113 Å². The van der Waals surface area contributed by atoms with Crippen molar-refractivity contribution in [2.75, 3.05) is 31.6 Å². The Morgan fingerprint density at radius 2 is 2.03 bits per heavy atom. The average molecular weight is 538 g/mol. The summed E-state index contributed by atoms with van der Waals surface area (Å²) < 4.78 is 39.0. The number of carbonyl (C=O) groups excluding carboxylic acids is 1. The summed E-state index contributed by atoms with van der Waals surface area (Å²) in [7, 11) is 0. The summed E-state index contributed by atoms with van der Waals surface area (Å²) in [5.41, 5.74) is 1.75. The summed E-state index contributed by atoms with van der Waals surface area (Å²) in [4.78, 5) is 19.5. The number of nitrogens with zero attached hydrogens (tertiary/aromatic N) is 4. The van der Waals surface area contributed by atoms with Crippen LogP contribution in [0.25, 0.3) is 11.0 Å². The van der Waals surface area contributed by atoms with Gasteiger partial charge in [0, 0.05) is 30.4 Å². The maximum Gasteiger partial charge on any atom is 0.387 e. The second kappa shape index (κ2) is 9.47. The van der Waals surface area contributed by atoms with Crippen LogP contribution in [0.2, 0.25) is 0 Å². The molecule has 0 bridgehead atoms. The molecule has 3 aliphatic rings. The van der Waals surface area contributed by atoms with Crippen molar-refractivity contribution in [2.45, 2.75) is 56.3 Å². The number of ether oxygens (including phenoxy) is 2. The summed E-state index contributed by atoms with van der Waals surface area (Å²) in [5.74, 6) is 0.350. The number of carbonyl (C=O) groups is 1. The van der Waals surface area contributed by atoms with Gasteiger partial charge in [0.15, 0.2) is 5.75 Å². The van der Waals surface area contributed by atoms with Crippen LogP contribution >= 0.6 is 0 Å². The highest BCUT2D eigenvalue weighted by Crippen LogP contribution is 2.46. The van der Waals surface area contributed by atoms with Crippen LogP contribution in [0.1, 0.15) is 49.8 Å². The molecule has 2 fully saturated rings. The number of imidazole rings is 1. The maximum atomic E-state index is 13.2. The van der Waals surface area contributed by atoms with Gasteiger partial charge >= 0.3 is 6.61 Å². The van der Waals surface area contributed by atoms with Gasteiger partial charge in [0.1, 0.15) is 17.9 Å². The maximum absolute atomic E-state index is 13.2. The zero-order chi connectivity index (χ0) is 27.4. The molecule has 0 atom stereocenters. The molecule has 6 rings (SSSR count). The van der Waals surface area contributed by atoms with Gasteiger partial charge in [0.05, 0.1) is 34.5 Å². The van der Waals surface area contributed by atoms with E-state index in [0.29, 0.717) is 74.3 Å². The molecule has 39 heavy (non-hydrogen) atoms. The molecule has 204 valence electrons. The van der Waals surface area contributed by atoms with Crippen molar-refractivity contribution >= 4 is 22.6 Å². The van der Waals surface area contributed by atoms with E-state index < -0.39 is 17.6 Å². The molecule has 1 spiro atoms. The molecule has 1 aliphatic carbocycles. The van der Waals surface area contributed by atoms with E-state index in [1.54, 1.807) is 36.0 Å². The molecule has 3 aromatic rings. The van der Waals surface area contributed by atoms with Crippen LogP contribution in [0, 0.1) is 11.3 Å². The third-order valence-electron chi connectivity index (χ3n) is 8.30. The Morgan fingerprint density at radius 1 is 1.26 bits per heavy atom. The number of piperidine rings is 1. The molecule has 0 unspecified atom stereocenters. The van der Waals surface area contributed by atoms with Crippen LogP contribution in [-0.4, -0.2) is 63.9 Å². The predicted octanol–water partition coefficient (Wildman–Crippen LogP) is 3.96. The molecular formula is C28H29F2N5O4. The van der Waals surface area contributed by atoms with Gasteiger partial charge in [0.2, 0.25) is 5.91 Å². The highest BCUT2D eigenvalue weighted by Gasteiger charge is 2.48. The van der Waals surface area contributed by atoms with Crippen LogP contribution < -0.4 is 14.8 Å². The summed E-state index contributed by atoms with van der Waals surface area (Å²) >= 11 is 0. The number of alkyl halides is 2. The Hall–Kier alpha value is -3.75. The third kappa shape index (κ3) is 4.57. The molecule has 1 amide bonds. The van der Waals surface area contributed by atoms with E-state index in [9.17, 15) is 23.9 Å². The van der Waals surface area contributed by atoms with E-state index >= 15 is 0 Å². The highest BCUT2D eigenvalue weighted by molar-refractivity contribution is 6.06. The number of fused-ring (bicyclic) bond motifs is 3. The Morgan fingerprint density at radius 3 is 2.72 bits per heavy atom. The molecular weight excluding hydrogens is 508 g/mol. The van der Waals surface area contributed by atoms with Crippen LogP contribution in [0.4, 0.5) is 14.5 Å². The van der Waals surface area contributed by atoms with E-state index in [2.05, 4.69) is 21.3 Å². The lowest BCUT2D eigenvalue weighted by molar-refractivity contribution is -0.122. The number of benzene rings is 2. The van der Waals surface area contributed by atoms with Crippen molar-refractivity contribution < 1.29 is 28.2 Å². The minimum absolute atomic E-state index is 0.0101. The number of rotatable bonds is 7. The largest absolute Gasteiger partial charge is 0.492 e. The van der Waals surface area contributed by atoms with Crippen molar-refractivity contribution in [1.82, 2.24) is 14.5 Å². The van der Waals surface area contributed by atoms with Crippen LogP contribution in [0.5, 0.6) is 11.5 Å². The van der Waals surface area contributed by atoms with Gasteiger partial charge in [-0.05, 0) is 69.5 Å². The molecule has 2 N–H and O–H groups in total. The normalized spacial score (nSPS) is 23.9. The number of aromatic nitrogens is 2. The molecule has 11 heteroatoms. The Bertz CT molecular complexity index is 1460. The summed E-state index contributed by atoms with van der Waals surface area (Å²) in [5, 5.41) is 22.4. The summed E-state index contributed by atoms with van der Waals surface area (Å²) in [6, 6.07) is 10.6. The highest BCUT2D eigenvalue weighted by atomic mass is 19.3. The predicted molar refractivity (Wildman–Crippen MR) is 138 cm³/mol. The lowest BCUT2D eigenvalue weighted by Gasteiger charge is -2.41. The van der Waals surface area contributed by atoms with Crippen molar-refractivity contribution in [3.63, 3.8) is 0 Å². The summed E-state index contributed by atoms with van der Waals surface area (Å²) in [6.45, 7) is 1.03. The number of halogens is 2. The van der Waals surface area contributed by atoms with Gasteiger partial charge in [-0.3, -0.25) is 9.69 Å². The minimum atomic E-state index is -3.00. The molecule has 3 heterocycles. The fraction of sp³-hybridized carbons (Fsp3) is 0.464. The van der Waals surface area contributed by atoms with Crippen molar-refractivity contribution in [3.8, 4) is 17.6 Å². The first kappa shape index (κ1) is 25.5. The lowest BCUT2D eigenvalue weighted by Crippen LogP contribution is -2.47. The average Bonchev–Trinajstić information content (AvgIpc) is 3.42. The fourth-order valence-electron chi connectivity index (χ4n) is 6.24. The van der Waals surface area contributed by atoms with Gasteiger partial charge in [-0.2, -0.15) is 14.0 Å². The first-order chi connectivity index (χ1) is 18.7. The van der Waals surface area contributed by atoms with Gasteiger partial charge in [-0.1, -0.05) is 0 Å². The standard InChI is InChI=1S/C28H29F2N5O4/c1-27(37)13-18(14-27)35-16-32-22-11-19(12-23(24(22)35)39-26(29)30)38-9-8-34-6-4-28(5-7-34)20-10-17(15-31)2-3-21(20)33-25(28)36/h2-3,10-12,16,18,26,37H,4-9,13-14H2,1H3,(H,33,36). The smallest absolute Gasteiger partial charge is 0.387 e. The molecule has 1 aromatic heterocycles. The first-order valence-corrected chi connectivity index (χ1v) is 13.1. The monoisotopic (exact) mass is 537 g/mol. The van der Waals surface area contributed by atoms with E-state index in [4.69, 9.17) is 9.47 Å². The fourth-order valence-corrected chi connectivity index (χ4v) is 6.24.